The van der Waals surface area contributed by atoms with Gasteiger partial charge >= 0.3 is 0 Å². The van der Waals surface area contributed by atoms with Crippen LogP contribution in [0.3, 0.4) is 0 Å². The van der Waals surface area contributed by atoms with Crippen LogP contribution in [0.5, 0.6) is 5.75 Å². The first-order valence-corrected chi connectivity index (χ1v) is 7.38. The van der Waals surface area contributed by atoms with Gasteiger partial charge in [0, 0.05) is 43.5 Å². The fraction of sp³-hybridized carbons (Fsp3) is 0.333. The van der Waals surface area contributed by atoms with E-state index in [-0.39, 0.29) is 5.91 Å². The normalized spacial score (nSPS) is 13.6. The van der Waals surface area contributed by atoms with E-state index in [1.54, 1.807) is 32.4 Å². The molecule has 2 N–H and O–H groups in total. The number of nitrogens with one attached hydrogen (secondary N) is 2. The van der Waals surface area contributed by atoms with Gasteiger partial charge in [-0.2, -0.15) is 5.10 Å². The molecule has 0 saturated heterocycles. The number of ether oxygens (including phenoxy) is 1. The molecule has 3 rings (SSSR count). The van der Waals surface area contributed by atoms with Gasteiger partial charge < -0.3 is 15.0 Å². The Morgan fingerprint density at radius 2 is 2.27 bits per heavy atom. The molecule has 1 amide bonds. The fourth-order valence-corrected chi connectivity index (χ4v) is 2.79. The Hall–Kier alpha value is -2.05. The molecule has 6 nitrogen and oxygen atoms in total. The summed E-state index contributed by atoms with van der Waals surface area (Å²) in [6, 6.07) is 5.23. The molecule has 0 aliphatic carbocycles. The van der Waals surface area contributed by atoms with Crippen LogP contribution in [0, 0.1) is 0 Å². The van der Waals surface area contributed by atoms with Crippen LogP contribution < -0.4 is 15.0 Å². The van der Waals surface area contributed by atoms with E-state index in [0.717, 1.165) is 24.2 Å². The van der Waals surface area contributed by atoms with Gasteiger partial charge in [0.15, 0.2) is 5.69 Å². The summed E-state index contributed by atoms with van der Waals surface area (Å²) in [5.41, 5.74) is 3.12. The summed E-state index contributed by atoms with van der Waals surface area (Å²) in [6.07, 6.45) is 0.855. The SMILES string of the molecule is COc1ccc(N(C)C(=O)c2n[nH]c3c2CNCC3)cc1Cl. The van der Waals surface area contributed by atoms with Crippen molar-refractivity contribution in [2.24, 2.45) is 0 Å². The third-order valence-electron chi connectivity index (χ3n) is 3.84. The molecule has 0 atom stereocenters. The van der Waals surface area contributed by atoms with E-state index in [0.29, 0.717) is 28.7 Å². The Balaban J connectivity index is 1.88. The van der Waals surface area contributed by atoms with Crippen molar-refractivity contribution in [1.29, 1.82) is 0 Å². The number of aromatic nitrogens is 2. The van der Waals surface area contributed by atoms with Gasteiger partial charge in [-0.15, -0.1) is 0 Å². The van der Waals surface area contributed by atoms with Crippen molar-refractivity contribution in [1.82, 2.24) is 15.5 Å². The van der Waals surface area contributed by atoms with Crippen molar-refractivity contribution in [2.45, 2.75) is 13.0 Å². The zero-order valence-electron chi connectivity index (χ0n) is 12.4. The van der Waals surface area contributed by atoms with Crippen molar-refractivity contribution >= 4 is 23.2 Å². The minimum atomic E-state index is -0.164. The smallest absolute Gasteiger partial charge is 0.278 e. The number of hydrogen-bond acceptors (Lipinski definition) is 4. The molecular weight excluding hydrogens is 304 g/mol. The second kappa shape index (κ2) is 5.98. The van der Waals surface area contributed by atoms with Gasteiger partial charge in [-0.25, -0.2) is 0 Å². The molecule has 116 valence electrons. The lowest BCUT2D eigenvalue weighted by atomic mass is 10.1. The average molecular weight is 321 g/mol. The third kappa shape index (κ3) is 2.55. The number of carbonyl (C=O) groups is 1. The van der Waals surface area contributed by atoms with Crippen molar-refractivity contribution in [3.8, 4) is 5.75 Å². The second-order valence-electron chi connectivity index (χ2n) is 5.14. The highest BCUT2D eigenvalue weighted by Gasteiger charge is 2.24. The molecule has 2 aromatic rings. The molecule has 0 radical (unpaired) electrons. The van der Waals surface area contributed by atoms with E-state index in [1.165, 1.54) is 4.90 Å². The molecular formula is C15H17ClN4O2. The molecule has 0 bridgehead atoms. The van der Waals surface area contributed by atoms with Crippen LogP contribution in [0.2, 0.25) is 5.02 Å². The summed E-state index contributed by atoms with van der Waals surface area (Å²) in [5, 5.41) is 10.9. The Morgan fingerprint density at radius 3 is 3.00 bits per heavy atom. The number of aromatic amines is 1. The number of carbonyl (C=O) groups excluding carboxylic acids is 1. The molecule has 0 spiro atoms. The van der Waals surface area contributed by atoms with E-state index in [1.807, 2.05) is 0 Å². The van der Waals surface area contributed by atoms with E-state index in [2.05, 4.69) is 15.5 Å². The Morgan fingerprint density at radius 1 is 1.45 bits per heavy atom. The van der Waals surface area contributed by atoms with Crippen molar-refractivity contribution in [2.75, 3.05) is 25.6 Å². The van der Waals surface area contributed by atoms with E-state index in [4.69, 9.17) is 16.3 Å². The van der Waals surface area contributed by atoms with Gasteiger partial charge in [-0.1, -0.05) is 11.6 Å². The van der Waals surface area contributed by atoms with Gasteiger partial charge in [0.2, 0.25) is 0 Å². The van der Waals surface area contributed by atoms with Crippen LogP contribution in [0.4, 0.5) is 5.69 Å². The molecule has 2 heterocycles. The summed E-state index contributed by atoms with van der Waals surface area (Å²) in [5.74, 6) is 0.412. The van der Waals surface area contributed by atoms with Crippen molar-refractivity contribution in [3.05, 3.63) is 40.2 Å². The molecule has 0 saturated carbocycles. The van der Waals surface area contributed by atoms with Crippen molar-refractivity contribution < 1.29 is 9.53 Å². The topological polar surface area (TPSA) is 70.2 Å². The second-order valence-corrected chi connectivity index (χ2v) is 5.55. The van der Waals surface area contributed by atoms with Crippen LogP contribution in [-0.2, 0) is 13.0 Å². The standard InChI is InChI=1S/C15H17ClN4O2/c1-20(9-3-4-13(22-2)11(16)7-9)15(21)14-10-8-17-6-5-12(10)18-19-14/h3-4,7,17H,5-6,8H2,1-2H3,(H,18,19). The highest BCUT2D eigenvalue weighted by molar-refractivity contribution is 6.32. The van der Waals surface area contributed by atoms with Crippen molar-refractivity contribution in [3.63, 3.8) is 0 Å². The summed E-state index contributed by atoms with van der Waals surface area (Å²) in [7, 11) is 3.26. The van der Waals surface area contributed by atoms with Crippen LogP contribution in [0.1, 0.15) is 21.7 Å². The maximum Gasteiger partial charge on any atom is 0.278 e. The fourth-order valence-electron chi connectivity index (χ4n) is 2.54. The lowest BCUT2D eigenvalue weighted by Gasteiger charge is -2.19. The number of anilines is 1. The number of amides is 1. The number of benzene rings is 1. The van der Waals surface area contributed by atoms with Gasteiger partial charge in [0.05, 0.1) is 12.1 Å². The predicted molar refractivity (Wildman–Crippen MR) is 84.7 cm³/mol. The first kappa shape index (κ1) is 14.9. The average Bonchev–Trinajstić information content (AvgIpc) is 2.97. The zero-order chi connectivity index (χ0) is 15.7. The molecule has 1 aromatic carbocycles. The molecule has 1 aromatic heterocycles. The Kier molecular flexibility index (Phi) is 4.04. The number of methoxy groups -OCH3 is 1. The number of rotatable bonds is 3. The molecule has 0 fully saturated rings. The first-order chi connectivity index (χ1) is 10.6. The van der Waals surface area contributed by atoms with E-state index >= 15 is 0 Å². The summed E-state index contributed by atoms with van der Waals surface area (Å²) < 4.78 is 5.13. The van der Waals surface area contributed by atoms with Gasteiger partial charge in [0.25, 0.3) is 5.91 Å². The number of hydrogen-bond donors (Lipinski definition) is 2. The number of halogens is 1. The predicted octanol–water partition coefficient (Wildman–Crippen LogP) is 1.99. The van der Waals surface area contributed by atoms with Gasteiger partial charge in [-0.3, -0.25) is 9.89 Å². The number of H-pyrrole nitrogens is 1. The number of nitrogens with zero attached hydrogens (tertiary/aromatic N) is 2. The largest absolute Gasteiger partial charge is 0.495 e. The molecule has 22 heavy (non-hydrogen) atoms. The quantitative estimate of drug-likeness (QED) is 0.907. The van der Waals surface area contributed by atoms with E-state index in [9.17, 15) is 4.79 Å². The molecule has 1 aliphatic rings. The number of fused-ring (bicyclic) bond motifs is 1. The minimum absolute atomic E-state index is 0.164. The Labute approximate surface area is 133 Å². The molecule has 7 heteroatoms. The van der Waals surface area contributed by atoms with Gasteiger partial charge in [0.1, 0.15) is 5.75 Å². The maximum atomic E-state index is 12.7. The first-order valence-electron chi connectivity index (χ1n) is 7.00. The monoisotopic (exact) mass is 320 g/mol. The van der Waals surface area contributed by atoms with Crippen LogP contribution >= 0.6 is 11.6 Å². The van der Waals surface area contributed by atoms with Gasteiger partial charge in [-0.05, 0) is 18.2 Å². The lowest BCUT2D eigenvalue weighted by Crippen LogP contribution is -2.30. The molecule has 0 unspecified atom stereocenters. The minimum Gasteiger partial charge on any atom is -0.495 e. The summed E-state index contributed by atoms with van der Waals surface area (Å²) in [4.78, 5) is 14.2. The maximum absolute atomic E-state index is 12.7. The lowest BCUT2D eigenvalue weighted by molar-refractivity contribution is 0.0987. The van der Waals surface area contributed by atoms with Crippen LogP contribution in [-0.4, -0.2) is 36.8 Å². The molecule has 1 aliphatic heterocycles. The highest BCUT2D eigenvalue weighted by Crippen LogP contribution is 2.29. The summed E-state index contributed by atoms with van der Waals surface area (Å²) in [6.45, 7) is 1.55. The van der Waals surface area contributed by atoms with E-state index < -0.39 is 0 Å². The van der Waals surface area contributed by atoms with Crippen LogP contribution in [0.25, 0.3) is 0 Å². The van der Waals surface area contributed by atoms with Crippen LogP contribution in [0.15, 0.2) is 18.2 Å². The Bertz CT molecular complexity index is 714. The summed E-state index contributed by atoms with van der Waals surface area (Å²) >= 11 is 6.12. The third-order valence-corrected chi connectivity index (χ3v) is 4.13. The highest BCUT2D eigenvalue weighted by atomic mass is 35.5. The zero-order valence-corrected chi connectivity index (χ0v) is 13.2.